The van der Waals surface area contributed by atoms with Crippen LogP contribution < -0.4 is 4.74 Å². The molecule has 1 saturated heterocycles. The summed E-state index contributed by atoms with van der Waals surface area (Å²) < 4.78 is 17.1. The summed E-state index contributed by atoms with van der Waals surface area (Å²) in [6.45, 7) is 3.25. The Labute approximate surface area is 186 Å². The lowest BCUT2D eigenvalue weighted by atomic mass is 9.86. The first-order valence-electron chi connectivity index (χ1n) is 9.86. The first-order chi connectivity index (χ1) is 14.9. The fourth-order valence-corrected chi connectivity index (χ4v) is 3.95. The SMILES string of the molecule is C=CCOc1cc(C2(OC)O[C@H](CO)[C@@H](O)[C@H](O)[C@H]2O)cc(Cc2ccccc2)c1Cl. The van der Waals surface area contributed by atoms with Gasteiger partial charge in [0.05, 0.1) is 11.6 Å². The molecule has 0 aromatic heterocycles. The molecule has 0 saturated carbocycles. The van der Waals surface area contributed by atoms with E-state index in [0.717, 1.165) is 5.56 Å². The smallest absolute Gasteiger partial charge is 0.224 e. The molecule has 0 radical (unpaired) electrons. The molecule has 3 rings (SSSR count). The van der Waals surface area contributed by atoms with Crippen LogP contribution in [0.5, 0.6) is 5.75 Å². The van der Waals surface area contributed by atoms with Crippen LogP contribution in [0.3, 0.4) is 0 Å². The maximum Gasteiger partial charge on any atom is 0.224 e. The Kier molecular flexibility index (Phi) is 7.72. The third kappa shape index (κ3) is 4.63. The number of rotatable bonds is 8. The van der Waals surface area contributed by atoms with Crippen LogP contribution in [0.4, 0.5) is 0 Å². The predicted molar refractivity (Wildman–Crippen MR) is 115 cm³/mol. The van der Waals surface area contributed by atoms with Crippen molar-refractivity contribution >= 4 is 11.6 Å². The highest BCUT2D eigenvalue weighted by molar-refractivity contribution is 6.32. The Morgan fingerprint density at radius 2 is 1.87 bits per heavy atom. The summed E-state index contributed by atoms with van der Waals surface area (Å²) in [5, 5.41) is 41.3. The molecule has 1 heterocycles. The summed E-state index contributed by atoms with van der Waals surface area (Å²) in [4.78, 5) is 0. The van der Waals surface area contributed by atoms with E-state index in [-0.39, 0.29) is 6.61 Å². The lowest BCUT2D eigenvalue weighted by molar-refractivity contribution is -0.366. The molecule has 7 nitrogen and oxygen atoms in total. The monoisotopic (exact) mass is 450 g/mol. The Morgan fingerprint density at radius 3 is 2.48 bits per heavy atom. The van der Waals surface area contributed by atoms with E-state index in [2.05, 4.69) is 6.58 Å². The molecule has 1 aliphatic rings. The molecule has 0 spiro atoms. The molecule has 2 aromatic carbocycles. The number of aliphatic hydroxyl groups is 4. The minimum absolute atomic E-state index is 0.192. The third-order valence-electron chi connectivity index (χ3n) is 5.36. The summed E-state index contributed by atoms with van der Waals surface area (Å²) >= 11 is 6.61. The van der Waals surface area contributed by atoms with Crippen LogP contribution in [0, 0.1) is 0 Å². The van der Waals surface area contributed by atoms with E-state index in [4.69, 9.17) is 25.8 Å². The average molecular weight is 451 g/mol. The summed E-state index contributed by atoms with van der Waals surface area (Å²) in [5.41, 5.74) is 2.00. The van der Waals surface area contributed by atoms with E-state index in [9.17, 15) is 20.4 Å². The zero-order valence-electron chi connectivity index (χ0n) is 17.1. The van der Waals surface area contributed by atoms with Crippen molar-refractivity contribution in [2.24, 2.45) is 0 Å². The van der Waals surface area contributed by atoms with Crippen LogP contribution in [-0.2, 0) is 21.7 Å². The first kappa shape index (κ1) is 23.7. The number of hydrogen-bond acceptors (Lipinski definition) is 7. The standard InChI is InChI=1S/C23H27ClO7/c1-3-9-30-17-12-16(11-15(19(17)24)10-14-7-5-4-6-8-14)23(29-2)22(28)21(27)20(26)18(13-25)31-23/h3-8,11-12,18,20-22,25-28H,1,9-10,13H2,2H3/t18-,20-,21+,22-,23?/m1/s1. The van der Waals surface area contributed by atoms with E-state index < -0.39 is 36.8 Å². The molecule has 168 valence electrons. The number of aliphatic hydroxyl groups excluding tert-OH is 4. The second-order valence-electron chi connectivity index (χ2n) is 7.35. The topological polar surface area (TPSA) is 109 Å². The molecule has 1 aliphatic heterocycles. The molecule has 5 atom stereocenters. The Morgan fingerprint density at radius 1 is 1.16 bits per heavy atom. The van der Waals surface area contributed by atoms with Crippen LogP contribution in [-0.4, -0.2) is 65.2 Å². The molecular weight excluding hydrogens is 424 g/mol. The quantitative estimate of drug-likeness (QED) is 0.454. The van der Waals surface area contributed by atoms with Gasteiger partial charge in [-0.25, -0.2) is 0 Å². The van der Waals surface area contributed by atoms with Crippen LogP contribution >= 0.6 is 11.6 Å². The summed E-state index contributed by atoms with van der Waals surface area (Å²) in [7, 11) is 1.30. The van der Waals surface area contributed by atoms with Crippen LogP contribution in [0.25, 0.3) is 0 Å². The van der Waals surface area contributed by atoms with Crippen molar-refractivity contribution in [2.75, 3.05) is 20.3 Å². The zero-order valence-corrected chi connectivity index (χ0v) is 17.9. The highest BCUT2D eigenvalue weighted by Gasteiger charge is 2.55. The normalized spacial score (nSPS) is 28.3. The number of benzene rings is 2. The lowest BCUT2D eigenvalue weighted by Gasteiger charge is -2.47. The summed E-state index contributed by atoms with van der Waals surface area (Å²) in [6.07, 6.45) is -3.90. The van der Waals surface area contributed by atoms with E-state index in [1.807, 2.05) is 30.3 Å². The second kappa shape index (κ2) is 10.1. The van der Waals surface area contributed by atoms with Gasteiger partial charge in [-0.15, -0.1) is 0 Å². The Hall–Kier alpha value is -1.97. The fourth-order valence-electron chi connectivity index (χ4n) is 3.72. The van der Waals surface area contributed by atoms with Gasteiger partial charge in [-0.2, -0.15) is 0 Å². The van der Waals surface area contributed by atoms with Crippen molar-refractivity contribution in [3.63, 3.8) is 0 Å². The summed E-state index contributed by atoms with van der Waals surface area (Å²) in [6, 6.07) is 12.9. The van der Waals surface area contributed by atoms with Crippen LogP contribution in [0.15, 0.2) is 55.1 Å². The maximum atomic E-state index is 10.8. The number of hydrogen-bond donors (Lipinski definition) is 4. The minimum Gasteiger partial charge on any atom is -0.488 e. The van der Waals surface area contributed by atoms with Crippen LogP contribution in [0.1, 0.15) is 16.7 Å². The molecule has 8 heteroatoms. The molecule has 0 aliphatic carbocycles. The molecule has 0 bridgehead atoms. The van der Waals surface area contributed by atoms with Gasteiger partial charge >= 0.3 is 0 Å². The van der Waals surface area contributed by atoms with Crippen LogP contribution in [0.2, 0.25) is 5.02 Å². The van der Waals surface area contributed by atoms with Gasteiger partial charge in [0.15, 0.2) is 0 Å². The molecule has 1 fully saturated rings. The van der Waals surface area contributed by atoms with E-state index in [1.165, 1.54) is 7.11 Å². The van der Waals surface area contributed by atoms with Gasteiger partial charge in [0.2, 0.25) is 5.79 Å². The molecular formula is C23H27ClO7. The minimum atomic E-state index is -1.87. The van der Waals surface area contributed by atoms with E-state index in [0.29, 0.717) is 28.3 Å². The average Bonchev–Trinajstić information content (AvgIpc) is 2.79. The van der Waals surface area contributed by atoms with E-state index >= 15 is 0 Å². The maximum absolute atomic E-state index is 10.8. The van der Waals surface area contributed by atoms with Gasteiger partial charge in [-0.3, -0.25) is 0 Å². The molecule has 31 heavy (non-hydrogen) atoms. The van der Waals surface area contributed by atoms with Crippen molar-refractivity contribution < 1.29 is 34.6 Å². The van der Waals surface area contributed by atoms with Crippen molar-refractivity contribution in [3.8, 4) is 5.75 Å². The largest absolute Gasteiger partial charge is 0.488 e. The fraction of sp³-hybridized carbons (Fsp3) is 0.391. The molecule has 4 N–H and O–H groups in total. The highest BCUT2D eigenvalue weighted by Crippen LogP contribution is 2.43. The van der Waals surface area contributed by atoms with Crippen molar-refractivity contribution in [1.82, 2.24) is 0 Å². The first-order valence-corrected chi connectivity index (χ1v) is 10.2. The van der Waals surface area contributed by atoms with Crippen molar-refractivity contribution in [1.29, 1.82) is 0 Å². The number of ether oxygens (including phenoxy) is 3. The number of methoxy groups -OCH3 is 1. The molecule has 2 aromatic rings. The second-order valence-corrected chi connectivity index (χ2v) is 7.72. The van der Waals surface area contributed by atoms with Gasteiger partial charge in [-0.1, -0.05) is 54.6 Å². The summed E-state index contributed by atoms with van der Waals surface area (Å²) in [5.74, 6) is -1.55. The van der Waals surface area contributed by atoms with Gasteiger partial charge in [0, 0.05) is 12.7 Å². The van der Waals surface area contributed by atoms with Gasteiger partial charge < -0.3 is 34.6 Å². The highest BCUT2D eigenvalue weighted by atomic mass is 35.5. The van der Waals surface area contributed by atoms with Gasteiger partial charge in [0.1, 0.15) is 36.8 Å². The lowest BCUT2D eigenvalue weighted by Crippen LogP contribution is -2.64. The third-order valence-corrected chi connectivity index (χ3v) is 5.79. The van der Waals surface area contributed by atoms with E-state index in [1.54, 1.807) is 18.2 Å². The Bertz CT molecular complexity index is 889. The van der Waals surface area contributed by atoms with Crippen molar-refractivity contribution in [2.45, 2.75) is 36.6 Å². The molecule has 0 amide bonds. The zero-order chi connectivity index (χ0) is 22.6. The number of halogens is 1. The van der Waals surface area contributed by atoms with Gasteiger partial charge in [-0.05, 0) is 29.7 Å². The van der Waals surface area contributed by atoms with Crippen molar-refractivity contribution in [3.05, 3.63) is 76.8 Å². The Balaban J connectivity index is 2.13. The molecule has 1 unspecified atom stereocenters. The van der Waals surface area contributed by atoms with Gasteiger partial charge in [0.25, 0.3) is 0 Å². The predicted octanol–water partition coefficient (Wildman–Crippen LogP) is 1.77.